The van der Waals surface area contributed by atoms with E-state index < -0.39 is 0 Å². The van der Waals surface area contributed by atoms with Crippen molar-refractivity contribution in [2.24, 2.45) is 5.92 Å². The highest BCUT2D eigenvalue weighted by Gasteiger charge is 2.12. The standard InChI is InChI=1S/C14H14.4C11H16.2C10H14/c1-11-3-7-13(8-4-11)14-9-5-12(2)6-10-14;1-9-5-7-10(8-6-9)11(2,3)4;1-9(2)8-11-6-4-10(3)5-7-11;1-4-10(3)11-7-5-9(2)6-8-11;1-3-4-5-11-8-6-10(2)7-9-11;1-8(2)10-6-4-9(3)5-7-10;1-3-4-10-7-5-9(2)6-8-10/h3-10H,1-2H3;5-8H,1-4H3;4-7,9H,8H2,1-3H3;5-8,10H,4H2,1-3H3;6-9H,3-5H2,1-2H3;4-8H,1-3H3;5-8H,3-4H2,1-2H3. The predicted octanol–water partition coefficient (Wildman–Crippen LogP) is 23.4. The zero-order valence-electron chi connectivity index (χ0n) is 52.7. The Hall–Kier alpha value is -6.24. The molecule has 0 heterocycles. The highest BCUT2D eigenvalue weighted by molar-refractivity contribution is 5.63. The van der Waals surface area contributed by atoms with Gasteiger partial charge in [-0.25, -0.2) is 0 Å². The Balaban J connectivity index is 0.000000312. The van der Waals surface area contributed by atoms with Crippen LogP contribution in [-0.4, -0.2) is 0 Å². The molecule has 1 atom stereocenters. The minimum absolute atomic E-state index is 0.285. The lowest BCUT2D eigenvalue weighted by Gasteiger charge is -2.18. The number of benzene rings is 8. The van der Waals surface area contributed by atoms with Crippen LogP contribution in [0.3, 0.4) is 0 Å². The van der Waals surface area contributed by atoms with Crippen molar-refractivity contribution in [3.8, 4) is 11.1 Å². The van der Waals surface area contributed by atoms with Crippen molar-refractivity contribution >= 4 is 0 Å². The van der Waals surface area contributed by atoms with Gasteiger partial charge in [0.25, 0.3) is 0 Å². The van der Waals surface area contributed by atoms with Gasteiger partial charge in [-0.1, -0.05) is 328 Å². The molecule has 0 aliphatic carbocycles. The average Bonchev–Trinajstić information content (AvgIpc) is 3.41. The summed E-state index contributed by atoms with van der Waals surface area (Å²) in [4.78, 5) is 0. The Morgan fingerprint density at radius 1 is 0.321 bits per heavy atom. The largest absolute Gasteiger partial charge is 0.0654 e. The van der Waals surface area contributed by atoms with Crippen molar-refractivity contribution in [1.82, 2.24) is 0 Å². The maximum absolute atomic E-state index is 2.27. The Labute approximate surface area is 480 Å². The minimum atomic E-state index is 0.285. The first-order valence-corrected chi connectivity index (χ1v) is 29.5. The molecule has 0 N–H and O–H groups in total. The molecular formula is C78H106. The third kappa shape index (κ3) is 30.1. The molecule has 0 nitrogen and oxygen atoms in total. The molecule has 0 aliphatic heterocycles. The normalized spacial score (nSPS) is 10.8. The van der Waals surface area contributed by atoms with Gasteiger partial charge in [0.2, 0.25) is 0 Å². The van der Waals surface area contributed by atoms with E-state index in [1.807, 2.05) is 0 Å². The molecule has 0 spiro atoms. The van der Waals surface area contributed by atoms with Crippen LogP contribution in [0.25, 0.3) is 11.1 Å². The highest BCUT2D eigenvalue weighted by Crippen LogP contribution is 2.23. The molecule has 0 heteroatoms. The summed E-state index contributed by atoms with van der Waals surface area (Å²) in [5.41, 5.74) is 22.2. The van der Waals surface area contributed by atoms with Crippen molar-refractivity contribution in [1.29, 1.82) is 0 Å². The van der Waals surface area contributed by atoms with Crippen LogP contribution in [-0.2, 0) is 24.7 Å². The van der Waals surface area contributed by atoms with Gasteiger partial charge in [0.05, 0.1) is 0 Å². The fourth-order valence-electron chi connectivity index (χ4n) is 8.00. The molecule has 418 valence electrons. The van der Waals surface area contributed by atoms with Crippen LogP contribution in [0.2, 0.25) is 0 Å². The highest BCUT2D eigenvalue weighted by atomic mass is 14.2. The van der Waals surface area contributed by atoms with E-state index in [0.29, 0.717) is 11.8 Å². The van der Waals surface area contributed by atoms with Crippen LogP contribution < -0.4 is 0 Å². The van der Waals surface area contributed by atoms with Gasteiger partial charge in [0, 0.05) is 0 Å². The van der Waals surface area contributed by atoms with Crippen molar-refractivity contribution in [2.75, 3.05) is 0 Å². The summed E-state index contributed by atoms with van der Waals surface area (Å²) in [6.07, 6.45) is 8.69. The van der Waals surface area contributed by atoms with Gasteiger partial charge in [-0.2, -0.15) is 0 Å². The number of aryl methyl sites for hydroxylation is 10. The first kappa shape index (κ1) is 67.9. The maximum atomic E-state index is 2.27. The Morgan fingerprint density at radius 3 is 0.910 bits per heavy atom. The molecule has 8 aromatic rings. The second-order valence-electron chi connectivity index (χ2n) is 23.5. The van der Waals surface area contributed by atoms with E-state index in [1.165, 1.54) is 134 Å². The number of hydrogen-bond donors (Lipinski definition) is 0. The second-order valence-corrected chi connectivity index (χ2v) is 23.5. The maximum Gasteiger partial charge on any atom is -0.0132 e. The topological polar surface area (TPSA) is 0 Å². The SMILES string of the molecule is CCC(C)c1ccc(C)cc1.CCCCc1ccc(C)cc1.CCCc1ccc(C)cc1.Cc1ccc(-c2ccc(C)cc2)cc1.Cc1ccc(C(C)(C)C)cc1.Cc1ccc(C(C)C)cc1.Cc1ccc(CC(C)C)cc1. The molecule has 0 bridgehead atoms. The van der Waals surface area contributed by atoms with Gasteiger partial charge >= 0.3 is 0 Å². The molecule has 0 amide bonds. The van der Waals surface area contributed by atoms with E-state index in [2.05, 4.69) is 326 Å². The monoisotopic (exact) mass is 1040 g/mol. The van der Waals surface area contributed by atoms with Crippen LogP contribution in [0.5, 0.6) is 0 Å². The zero-order chi connectivity index (χ0) is 58.0. The van der Waals surface area contributed by atoms with Crippen LogP contribution in [0.4, 0.5) is 0 Å². The first-order chi connectivity index (χ1) is 37.0. The van der Waals surface area contributed by atoms with Crippen LogP contribution >= 0.6 is 0 Å². The van der Waals surface area contributed by atoms with Crippen molar-refractivity contribution in [2.45, 2.75) is 194 Å². The molecule has 8 aromatic carbocycles. The van der Waals surface area contributed by atoms with Gasteiger partial charge < -0.3 is 0 Å². The summed E-state index contributed by atoms with van der Waals surface area (Å²) in [6, 6.07) is 69.9. The fraction of sp³-hybridized carbons (Fsp3) is 0.385. The number of hydrogen-bond acceptors (Lipinski definition) is 0. The van der Waals surface area contributed by atoms with E-state index in [-0.39, 0.29) is 5.41 Å². The van der Waals surface area contributed by atoms with Gasteiger partial charge in [0.15, 0.2) is 0 Å². The van der Waals surface area contributed by atoms with E-state index in [1.54, 1.807) is 0 Å². The van der Waals surface area contributed by atoms with Crippen molar-refractivity contribution in [3.05, 3.63) is 272 Å². The molecular weight excluding hydrogens is 937 g/mol. The van der Waals surface area contributed by atoms with Crippen LogP contribution in [0.15, 0.2) is 194 Å². The van der Waals surface area contributed by atoms with E-state index >= 15 is 0 Å². The molecule has 1 unspecified atom stereocenters. The molecule has 0 radical (unpaired) electrons. The first-order valence-electron chi connectivity index (χ1n) is 29.5. The summed E-state index contributed by atoms with van der Waals surface area (Å²) in [6.45, 7) is 41.5. The minimum Gasteiger partial charge on any atom is -0.0654 e. The summed E-state index contributed by atoms with van der Waals surface area (Å²) in [7, 11) is 0. The van der Waals surface area contributed by atoms with Gasteiger partial charge in [-0.3, -0.25) is 0 Å². The Kier molecular flexibility index (Phi) is 32.7. The molecule has 0 saturated carbocycles. The molecule has 8 rings (SSSR count). The Bertz CT molecular complexity index is 2660. The number of rotatable bonds is 11. The quantitative estimate of drug-likeness (QED) is 0.121. The predicted molar refractivity (Wildman–Crippen MR) is 351 cm³/mol. The van der Waals surface area contributed by atoms with E-state index in [9.17, 15) is 0 Å². The second kappa shape index (κ2) is 37.6. The third-order valence-corrected chi connectivity index (χ3v) is 13.7. The smallest absolute Gasteiger partial charge is 0.0132 e. The van der Waals surface area contributed by atoms with Crippen LogP contribution in [0, 0.1) is 61.3 Å². The van der Waals surface area contributed by atoms with Gasteiger partial charge in [-0.15, -0.1) is 0 Å². The summed E-state index contributed by atoms with van der Waals surface area (Å²) in [5, 5.41) is 0. The molecule has 0 fully saturated rings. The van der Waals surface area contributed by atoms with Gasteiger partial charge in [-0.05, 0) is 155 Å². The molecule has 0 aromatic heterocycles. The van der Waals surface area contributed by atoms with Crippen molar-refractivity contribution < 1.29 is 0 Å². The summed E-state index contributed by atoms with van der Waals surface area (Å²) in [5.74, 6) is 2.12. The van der Waals surface area contributed by atoms with E-state index in [0.717, 1.165) is 5.92 Å². The zero-order valence-corrected chi connectivity index (χ0v) is 52.7. The number of unbranched alkanes of at least 4 members (excludes halogenated alkanes) is 1. The average molecular weight is 1040 g/mol. The lowest BCUT2D eigenvalue weighted by atomic mass is 9.87. The van der Waals surface area contributed by atoms with Crippen LogP contribution in [0.1, 0.15) is 192 Å². The molecule has 0 saturated heterocycles. The fourth-order valence-corrected chi connectivity index (χ4v) is 8.00. The Morgan fingerprint density at radius 2 is 0.615 bits per heavy atom. The summed E-state index contributed by atoms with van der Waals surface area (Å²) >= 11 is 0. The lowest BCUT2D eigenvalue weighted by Crippen LogP contribution is -2.10. The van der Waals surface area contributed by atoms with Gasteiger partial charge in [0.1, 0.15) is 0 Å². The lowest BCUT2D eigenvalue weighted by molar-refractivity contribution is 0.590. The third-order valence-electron chi connectivity index (χ3n) is 13.7. The van der Waals surface area contributed by atoms with Crippen molar-refractivity contribution in [3.63, 3.8) is 0 Å². The summed E-state index contributed by atoms with van der Waals surface area (Å²) < 4.78 is 0. The molecule has 78 heavy (non-hydrogen) atoms. The molecule has 0 aliphatic rings. The van der Waals surface area contributed by atoms with E-state index in [4.69, 9.17) is 0 Å².